The van der Waals surface area contributed by atoms with Crippen molar-refractivity contribution in [1.82, 2.24) is 9.97 Å². The Labute approximate surface area is 205 Å². The normalized spacial score (nSPS) is 10.8. The van der Waals surface area contributed by atoms with Crippen LogP contribution < -0.4 is 5.32 Å². The van der Waals surface area contributed by atoms with Gasteiger partial charge in [0.25, 0.3) is 5.91 Å². The van der Waals surface area contributed by atoms with Crippen LogP contribution in [0.2, 0.25) is 5.02 Å². The van der Waals surface area contributed by atoms with Gasteiger partial charge < -0.3 is 5.32 Å². The fourth-order valence-electron chi connectivity index (χ4n) is 2.99. The number of amides is 1. The third kappa shape index (κ3) is 6.35. The van der Waals surface area contributed by atoms with Crippen molar-refractivity contribution in [3.8, 4) is 0 Å². The number of aromatic nitrogens is 2. The molecule has 3 aromatic carbocycles. The molecule has 8 heteroatoms. The van der Waals surface area contributed by atoms with E-state index in [-0.39, 0.29) is 11.4 Å². The zero-order valence-corrected chi connectivity index (χ0v) is 20.0. The molecule has 4 aromatic rings. The third-order valence-electron chi connectivity index (χ3n) is 4.56. The molecule has 1 aromatic heterocycles. The number of nitrogens with zero attached hydrogens (tertiary/aromatic N) is 2. The van der Waals surface area contributed by atoms with Crippen LogP contribution in [0, 0.1) is 12.7 Å². The van der Waals surface area contributed by atoms with Crippen LogP contribution in [0.15, 0.2) is 93.9 Å². The summed E-state index contributed by atoms with van der Waals surface area (Å²) in [6.45, 7) is 2.04. The van der Waals surface area contributed by atoms with E-state index in [0.29, 0.717) is 20.8 Å². The zero-order valence-electron chi connectivity index (χ0n) is 17.6. The van der Waals surface area contributed by atoms with E-state index in [9.17, 15) is 9.18 Å². The SMILES string of the molecule is Cc1cccc(CSc2ncc(Sc3ccc(Cl)cc3)c(C(=O)Nc3ccccc3F)n2)c1. The van der Waals surface area contributed by atoms with Gasteiger partial charge in [0.15, 0.2) is 5.16 Å². The highest BCUT2D eigenvalue weighted by Crippen LogP contribution is 2.32. The Kier molecular flexibility index (Phi) is 7.65. The van der Waals surface area contributed by atoms with Crippen LogP contribution in [-0.4, -0.2) is 15.9 Å². The third-order valence-corrected chi connectivity index (χ3v) is 6.77. The molecule has 1 heterocycles. The molecule has 0 aliphatic heterocycles. The maximum atomic E-state index is 14.1. The molecule has 33 heavy (non-hydrogen) atoms. The average molecular weight is 496 g/mol. The van der Waals surface area contributed by atoms with Crippen molar-refractivity contribution >= 4 is 46.7 Å². The fraction of sp³-hybridized carbons (Fsp3) is 0.0800. The Hall–Kier alpha value is -2.87. The van der Waals surface area contributed by atoms with E-state index in [2.05, 4.69) is 21.4 Å². The molecule has 0 aliphatic carbocycles. The highest BCUT2D eigenvalue weighted by molar-refractivity contribution is 7.99. The molecule has 0 saturated heterocycles. The number of anilines is 1. The van der Waals surface area contributed by atoms with Crippen molar-refractivity contribution in [2.24, 2.45) is 0 Å². The fourth-order valence-corrected chi connectivity index (χ4v) is 4.74. The largest absolute Gasteiger partial charge is 0.318 e. The van der Waals surface area contributed by atoms with Crippen molar-refractivity contribution in [3.05, 3.63) is 107 Å². The van der Waals surface area contributed by atoms with Gasteiger partial charge in [0.05, 0.1) is 10.6 Å². The number of nitrogens with one attached hydrogen (secondary N) is 1. The first-order chi connectivity index (χ1) is 16.0. The molecule has 0 spiro atoms. The smallest absolute Gasteiger partial charge is 0.275 e. The molecule has 0 radical (unpaired) electrons. The second kappa shape index (κ2) is 10.8. The summed E-state index contributed by atoms with van der Waals surface area (Å²) in [6, 6.07) is 21.5. The van der Waals surface area contributed by atoms with Crippen LogP contribution in [0.4, 0.5) is 10.1 Å². The number of thioether (sulfide) groups is 1. The van der Waals surface area contributed by atoms with Gasteiger partial charge in [-0.1, -0.05) is 77.1 Å². The van der Waals surface area contributed by atoms with Gasteiger partial charge in [-0.15, -0.1) is 0 Å². The number of carbonyl (C=O) groups excluding carboxylic acids is 1. The Bertz CT molecular complexity index is 1280. The Morgan fingerprint density at radius 3 is 2.61 bits per heavy atom. The Morgan fingerprint density at radius 2 is 1.85 bits per heavy atom. The lowest BCUT2D eigenvalue weighted by Gasteiger charge is -2.11. The number of aryl methyl sites for hydroxylation is 1. The molecule has 0 bridgehead atoms. The molecule has 166 valence electrons. The highest BCUT2D eigenvalue weighted by Gasteiger charge is 2.18. The number of hydrogen-bond donors (Lipinski definition) is 1. The molecule has 0 atom stereocenters. The van der Waals surface area contributed by atoms with E-state index in [1.165, 1.54) is 41.2 Å². The van der Waals surface area contributed by atoms with Gasteiger partial charge in [-0.05, 0) is 48.9 Å². The minimum atomic E-state index is -0.513. The maximum absolute atomic E-state index is 14.1. The van der Waals surface area contributed by atoms with Gasteiger partial charge in [0.2, 0.25) is 0 Å². The van der Waals surface area contributed by atoms with Crippen molar-refractivity contribution in [2.45, 2.75) is 27.6 Å². The van der Waals surface area contributed by atoms with Crippen LogP contribution in [0.5, 0.6) is 0 Å². The van der Waals surface area contributed by atoms with Crippen LogP contribution in [0.3, 0.4) is 0 Å². The van der Waals surface area contributed by atoms with E-state index in [0.717, 1.165) is 10.5 Å². The maximum Gasteiger partial charge on any atom is 0.275 e. The van der Waals surface area contributed by atoms with E-state index < -0.39 is 11.7 Å². The van der Waals surface area contributed by atoms with E-state index in [1.807, 2.05) is 37.3 Å². The second-order valence-corrected chi connectivity index (χ2v) is 9.63. The molecule has 4 nitrogen and oxygen atoms in total. The average Bonchev–Trinajstić information content (AvgIpc) is 2.81. The molecule has 0 saturated carbocycles. The van der Waals surface area contributed by atoms with Crippen LogP contribution in [0.25, 0.3) is 0 Å². The van der Waals surface area contributed by atoms with Crippen molar-refractivity contribution < 1.29 is 9.18 Å². The van der Waals surface area contributed by atoms with Crippen molar-refractivity contribution in [2.75, 3.05) is 5.32 Å². The first-order valence-corrected chi connectivity index (χ1v) is 12.2. The lowest BCUT2D eigenvalue weighted by atomic mass is 10.2. The molecule has 0 unspecified atom stereocenters. The van der Waals surface area contributed by atoms with Gasteiger partial charge in [0.1, 0.15) is 11.5 Å². The number of halogens is 2. The second-order valence-electron chi connectivity index (χ2n) is 7.13. The highest BCUT2D eigenvalue weighted by atomic mass is 35.5. The first-order valence-electron chi connectivity index (χ1n) is 10.0. The number of benzene rings is 3. The van der Waals surface area contributed by atoms with Crippen LogP contribution >= 0.6 is 35.1 Å². The van der Waals surface area contributed by atoms with Gasteiger partial charge in [-0.25, -0.2) is 14.4 Å². The van der Waals surface area contributed by atoms with E-state index in [1.54, 1.807) is 30.5 Å². The molecular formula is C25H19ClFN3OS2. The molecule has 1 amide bonds. The first kappa shape index (κ1) is 23.3. The number of hydrogen-bond acceptors (Lipinski definition) is 5. The zero-order chi connectivity index (χ0) is 23.2. The minimum absolute atomic E-state index is 0.0949. The summed E-state index contributed by atoms with van der Waals surface area (Å²) in [6.07, 6.45) is 1.63. The molecule has 1 N–H and O–H groups in total. The molecule has 4 rings (SSSR count). The monoisotopic (exact) mass is 495 g/mol. The van der Waals surface area contributed by atoms with Gasteiger partial charge >= 0.3 is 0 Å². The van der Waals surface area contributed by atoms with Crippen molar-refractivity contribution in [1.29, 1.82) is 0 Å². The number of carbonyl (C=O) groups is 1. The van der Waals surface area contributed by atoms with E-state index in [4.69, 9.17) is 11.6 Å². The summed E-state index contributed by atoms with van der Waals surface area (Å²) >= 11 is 8.76. The summed E-state index contributed by atoms with van der Waals surface area (Å²) in [4.78, 5) is 23.5. The lowest BCUT2D eigenvalue weighted by Crippen LogP contribution is -2.16. The predicted molar refractivity (Wildman–Crippen MR) is 133 cm³/mol. The standard InChI is InChI=1S/C25H19ClFN3OS2/c1-16-5-4-6-17(13-16)15-32-25-28-14-22(33-19-11-9-18(26)10-12-19)23(30-25)24(31)29-21-8-3-2-7-20(21)27/h2-14H,15H2,1H3,(H,29,31). The molecular weight excluding hydrogens is 477 g/mol. The summed E-state index contributed by atoms with van der Waals surface area (Å²) in [5.41, 5.74) is 2.59. The van der Waals surface area contributed by atoms with Gasteiger partial charge in [-0.2, -0.15) is 0 Å². The van der Waals surface area contributed by atoms with E-state index >= 15 is 0 Å². The summed E-state index contributed by atoms with van der Waals surface area (Å²) in [5, 5.41) is 3.71. The predicted octanol–water partition coefficient (Wildman–Crippen LogP) is 7.27. The van der Waals surface area contributed by atoms with Gasteiger partial charge in [0, 0.05) is 21.9 Å². The Balaban J connectivity index is 1.61. The van der Waals surface area contributed by atoms with Crippen LogP contribution in [0.1, 0.15) is 21.6 Å². The molecule has 0 fully saturated rings. The summed E-state index contributed by atoms with van der Waals surface area (Å²) in [5.74, 6) is -0.350. The summed E-state index contributed by atoms with van der Waals surface area (Å²) in [7, 11) is 0. The van der Waals surface area contributed by atoms with Crippen molar-refractivity contribution in [3.63, 3.8) is 0 Å². The summed E-state index contributed by atoms with van der Waals surface area (Å²) < 4.78 is 14.1. The minimum Gasteiger partial charge on any atom is -0.318 e. The number of para-hydroxylation sites is 1. The Morgan fingerprint density at radius 1 is 1.06 bits per heavy atom. The topological polar surface area (TPSA) is 54.9 Å². The number of rotatable bonds is 7. The quantitative estimate of drug-likeness (QED) is 0.216. The molecule has 0 aliphatic rings. The lowest BCUT2D eigenvalue weighted by molar-refractivity contribution is 0.101. The van der Waals surface area contributed by atoms with Gasteiger partial charge in [-0.3, -0.25) is 4.79 Å². The van der Waals surface area contributed by atoms with Crippen LogP contribution in [-0.2, 0) is 5.75 Å².